The minimum atomic E-state index is -4.08. The predicted octanol–water partition coefficient (Wildman–Crippen LogP) is -1.71. The summed E-state index contributed by atoms with van der Waals surface area (Å²) in [6, 6.07) is 15.4. The van der Waals surface area contributed by atoms with Gasteiger partial charge in [-0.2, -0.15) is 121 Å². The van der Waals surface area contributed by atoms with Crippen LogP contribution in [0.3, 0.4) is 0 Å². The van der Waals surface area contributed by atoms with Gasteiger partial charge >= 0.3 is 20.6 Å². The quantitative estimate of drug-likeness (QED) is 0.0175. The van der Waals surface area contributed by atoms with Gasteiger partial charge in [0, 0.05) is 381 Å². The molecule has 45 nitrogen and oxygen atoms in total. The monoisotopic (exact) mass is 3180 g/mol. The number of hydrogen-bond donors (Lipinski definition) is 19. The maximum absolute atomic E-state index is 11.1. The number of nitrogens with one attached hydrogen (secondary N) is 5. The number of aryl methyl sites for hydroxylation is 3. The van der Waals surface area contributed by atoms with Crippen molar-refractivity contribution in [3.63, 3.8) is 0 Å². The molecule has 9 heterocycles. The zero-order valence-corrected chi connectivity index (χ0v) is 99.4. The Labute approximate surface area is 985 Å². The average molecular weight is 3190 g/mol. The molecule has 816 valence electrons. The van der Waals surface area contributed by atoms with Gasteiger partial charge in [0.15, 0.2) is 17.4 Å². The van der Waals surface area contributed by atoms with Crippen molar-refractivity contribution < 1.29 is 347 Å². The number of anilines is 5. The standard InChI is InChI=1S/C14H20N4O5S.C14H19N3O3.C13H16ClN3O3.C11H16N4O5S.C10H12ClN3O3.C6H13NO3.C4Cl2N2.ClH2NO2S.ClH.12Rh/c1-8-4-11(17-7-16-8)18-10-5-9(6-21-24(15,19)20)12-13(10)23-14(2,3)22-12;1-8-4-11(16-7-15-8)17-10-5-9(6-18)12-13(10)20-14(2,3)19-12;1-13(2)19-11-7(5-18)3-8(12(11)20-13)17-10-4-9(14)15-6-16-10;1-6-2-9(14-5-13-6)15-8-3-7(10(16)11(8)17)4-20-21(12,18)19;11-7-2-8(13-4-12-7)14-6-1-5(3-15)9(16)10(6)17;7-4-1-3(2-8)5(9)6(4)10;5-3-1-4(6)8-2-7-3;1-5(2,3)4;;;;;;;;;;;;;/h9-10,12-13H,5-6H2,1-3H3,(H2,15,19,20)(H,16,17,18);9-10,12-13,18H,5-6H2,1-3H3,(H,15,16,17);7-8,11-12,18H,3,5H2,1-2H3,(H,15,16,17);7-8,10-11,16-17H,3-4H2,1H3,(H2,12,18,19)(H,13,14,15);5-6,9-10,15-17H,1,3H2,(H,12,13,14);3-6,8-10H,1-2,7H2;;(H2,2,3,4);1H;;;;;;;;;;;;/q5*-2;;-2;;;;;;;;;;;;;;/t2*9-,10-,12-,13+;7-,8-,11-,12+;7-,8-,10-,11+;5-,6-,9-,10+;3-,4-,5-,6+;;;;;;;;;;;;;;;/m111111.............../s1. The first kappa shape index (κ1) is 150. The maximum Gasteiger partial charge on any atom is 0.333 e. The Morgan fingerprint density at radius 3 is 0.819 bits per heavy atom. The van der Waals surface area contributed by atoms with E-state index in [0.29, 0.717) is 59.7 Å². The molecular formula is C72H99Cl6N21O24Rh12S3-12. The molecule has 6 aromatic heterocycles. The Balaban J connectivity index is -0.000000365. The fraction of sp³-hybridized carbons (Fsp3) is 0.667. The van der Waals surface area contributed by atoms with E-state index in [1.54, 1.807) is 13.8 Å². The van der Waals surface area contributed by atoms with Crippen LogP contribution < -0.4 is 47.7 Å². The molecule has 9 fully saturated rings. The first-order chi connectivity index (χ1) is 58.4. The Bertz CT molecular complexity index is 4720. The summed E-state index contributed by atoms with van der Waals surface area (Å²) in [4.78, 5) is 45.3. The van der Waals surface area contributed by atoms with Crippen molar-refractivity contribution in [2.45, 2.75) is 228 Å². The van der Waals surface area contributed by atoms with Crippen LogP contribution in [0, 0.1) is 131 Å². The maximum atomic E-state index is 11.1. The van der Waals surface area contributed by atoms with Crippen molar-refractivity contribution >= 4 is 128 Å². The second-order valence-corrected chi connectivity index (χ2v) is 37.3. The topological polar surface area (TPSA) is 697 Å². The number of aromatic nitrogens is 12. The third-order valence-electron chi connectivity index (χ3n) is 20.2. The number of aliphatic hydroxyl groups excluding tert-OH is 10. The summed E-state index contributed by atoms with van der Waals surface area (Å²) >= 11 is 22.0. The van der Waals surface area contributed by atoms with E-state index < -0.39 is 102 Å². The molecule has 3 aliphatic heterocycles. The van der Waals surface area contributed by atoms with Gasteiger partial charge in [0.2, 0.25) is 0 Å². The van der Waals surface area contributed by atoms with Crippen molar-refractivity contribution in [3.05, 3.63) is 112 Å². The van der Waals surface area contributed by atoms with Gasteiger partial charge in [-0.05, 0) is 80.1 Å². The van der Waals surface area contributed by atoms with Gasteiger partial charge in [-0.15, -0.1) is 33.2 Å². The Morgan fingerprint density at radius 1 is 0.341 bits per heavy atom. The number of nitrogens with zero attached hydrogens (tertiary/aromatic N) is 12. The fourth-order valence-corrected chi connectivity index (χ4v) is 16.2. The van der Waals surface area contributed by atoms with Crippen LogP contribution in [0.4, 0.5) is 29.1 Å². The second kappa shape index (κ2) is 69.4. The van der Waals surface area contributed by atoms with Crippen molar-refractivity contribution in [2.75, 3.05) is 66.2 Å². The van der Waals surface area contributed by atoms with Crippen molar-refractivity contribution in [1.82, 2.24) is 59.8 Å². The number of aliphatic hydroxyl groups is 10. The molecule has 24 atom stereocenters. The molecule has 0 aromatic carbocycles. The molecule has 12 radical (unpaired) electrons. The van der Waals surface area contributed by atoms with Gasteiger partial charge in [0.05, 0.1) is 68.1 Å². The molecular weight excluding hydrogens is 3090 g/mol. The van der Waals surface area contributed by atoms with Crippen LogP contribution in [0.25, 0.3) is 0 Å². The van der Waals surface area contributed by atoms with Crippen LogP contribution in [0.15, 0.2) is 0 Å². The Hall–Kier alpha value is 1.67. The summed E-state index contributed by atoms with van der Waals surface area (Å²) in [5, 5.41) is 124. The number of fused-ring (bicyclic) bond motifs is 3. The van der Waals surface area contributed by atoms with Gasteiger partial charge in [0.25, 0.3) is 9.24 Å². The van der Waals surface area contributed by atoms with Gasteiger partial charge in [-0.25, -0.2) is 15.4 Å². The third kappa shape index (κ3) is 49.6. The summed E-state index contributed by atoms with van der Waals surface area (Å²) in [6.07, 6.45) is 11.1. The molecule has 6 aliphatic carbocycles. The van der Waals surface area contributed by atoms with Gasteiger partial charge < -0.3 is 208 Å². The van der Waals surface area contributed by atoms with Gasteiger partial charge in [-0.1, -0.05) is 0 Å². The molecule has 3 saturated heterocycles. The van der Waals surface area contributed by atoms with E-state index in [1.165, 1.54) is 0 Å². The van der Waals surface area contributed by atoms with Crippen LogP contribution in [-0.2, 0) is 300 Å². The van der Waals surface area contributed by atoms with E-state index in [4.69, 9.17) is 115 Å². The molecule has 138 heavy (non-hydrogen) atoms. The summed E-state index contributed by atoms with van der Waals surface area (Å²) in [5.74, 6) is -0.994. The van der Waals surface area contributed by atoms with Crippen molar-refractivity contribution in [3.8, 4) is 0 Å². The Morgan fingerprint density at radius 2 is 0.565 bits per heavy atom. The van der Waals surface area contributed by atoms with E-state index >= 15 is 0 Å². The minimum Gasteiger partial charge on any atom is -0.550 e. The summed E-state index contributed by atoms with van der Waals surface area (Å²) in [7, 11) is -7.49. The van der Waals surface area contributed by atoms with E-state index in [9.17, 15) is 55.9 Å². The smallest absolute Gasteiger partial charge is 0.333 e. The molecule has 0 amide bonds. The molecule has 6 aromatic rings. The first-order valence-corrected chi connectivity index (χ1v) is 45.0. The molecule has 66 heteroatoms. The Kier molecular flexibility index (Phi) is 75.5. The fourth-order valence-electron chi connectivity index (χ4n) is 14.9. The molecule has 6 saturated carbocycles. The molecule has 9 aliphatic rings. The number of ether oxygens (including phenoxy) is 6. The number of nitrogens with two attached hydrogens (primary N) is 4. The van der Waals surface area contributed by atoms with E-state index in [2.05, 4.69) is 181 Å². The summed E-state index contributed by atoms with van der Waals surface area (Å²) in [6.45, 7) is 16.0. The summed E-state index contributed by atoms with van der Waals surface area (Å²) < 4.78 is 107. The zero-order chi connectivity index (χ0) is 92.4. The molecule has 0 bridgehead atoms. The zero-order valence-electron chi connectivity index (χ0n) is 72.7. The van der Waals surface area contributed by atoms with Crippen LogP contribution in [0.5, 0.6) is 0 Å². The molecule has 23 N–H and O–H groups in total. The number of rotatable bonds is 20. The molecule has 0 spiro atoms. The van der Waals surface area contributed by atoms with E-state index in [0.717, 1.165) is 18.5 Å². The minimum absolute atomic E-state index is 0. The number of hydrogen-bond acceptors (Lipinski definition) is 42. The second-order valence-electron chi connectivity index (χ2n) is 31.1. The van der Waals surface area contributed by atoms with Gasteiger partial charge in [0.1, 0.15) is 18.3 Å². The molecule has 15 rings (SSSR count). The van der Waals surface area contributed by atoms with Crippen LogP contribution in [-0.4, -0.2) is 303 Å². The SMILES string of the molecule is CC1(C)O[C@@H]2[C@@H](CO)C[C@@H](Nc3[c-]c(Cl)n[c-]n3)[C@@H]2O1.Cc1[c-]c(N[C@@H]2C[C@H](CO)[C@H]3OC(C)(C)O[C@H]32)n[c-]n1.Cc1[c-]c(N[C@@H]2C[C@H](COS(N)(=O)=O)[C@@H](O)[C@H]2O)n[c-]n1.Cc1[c-]c(N[C@@H]2C[C@H](COS(N)(=O)=O)[C@H]3OC(C)(C)O[C@H]32)n[c-]n1.Cl.Clc1[c-]c(Cl)n[c-]n1.NS(=O)(=O)Cl.N[C@@H]1C[C@H](CO)[C@@H](O)[C@H]1O.OC[C@H]1C[C@@H](Nc2[c-]c(Cl)n[c-]n2)[C@H](O)[C@@H]1O.[Rh].[Rh].[Rh].[Rh].[Rh].[Rh].[Rh].[Rh].[Rh].[Rh].[Rh].[Rh]. The largest absolute Gasteiger partial charge is 0.550 e. The van der Waals surface area contributed by atoms with Crippen molar-refractivity contribution in [2.24, 2.45) is 56.7 Å². The van der Waals surface area contributed by atoms with Gasteiger partial charge in [-0.3, -0.25) is 25.4 Å². The third-order valence-corrected chi connectivity index (χ3v) is 21.9. The van der Waals surface area contributed by atoms with Crippen LogP contribution >= 0.6 is 69.5 Å². The number of halogens is 6. The normalized spacial score (nSPS) is 28.6. The first-order valence-electron chi connectivity index (χ1n) is 38.2. The van der Waals surface area contributed by atoms with E-state index in [1.807, 2.05) is 48.5 Å². The van der Waals surface area contributed by atoms with E-state index in [-0.39, 0.29) is 403 Å². The summed E-state index contributed by atoms with van der Waals surface area (Å²) in [5.41, 5.74) is 7.39. The van der Waals surface area contributed by atoms with Crippen molar-refractivity contribution in [1.29, 1.82) is 0 Å². The predicted molar refractivity (Wildman–Crippen MR) is 446 cm³/mol. The molecule has 0 unspecified atom stereocenters. The van der Waals surface area contributed by atoms with Crippen LogP contribution in [0.1, 0.15) is 97.1 Å². The average Bonchev–Trinajstić information content (AvgIpc) is 1.62. The van der Waals surface area contributed by atoms with Crippen LogP contribution in [0.2, 0.25) is 20.6 Å².